The van der Waals surface area contributed by atoms with Gasteiger partial charge in [-0.05, 0) is 0 Å². The van der Waals surface area contributed by atoms with Crippen molar-refractivity contribution in [1.82, 2.24) is 0 Å². The molecule has 2 unspecified atom stereocenters. The van der Waals surface area contributed by atoms with E-state index in [0.717, 1.165) is 0 Å². The summed E-state index contributed by atoms with van der Waals surface area (Å²) in [4.78, 5) is 0. The van der Waals surface area contributed by atoms with E-state index in [2.05, 4.69) is 30.9 Å². The molecule has 0 N–H and O–H groups in total. The Morgan fingerprint density at radius 2 is 0.562 bits per heavy atom. The molecule has 0 aliphatic carbocycles. The average Bonchev–Trinajstić information content (AvgIpc) is 3.13. The second-order valence-electron chi connectivity index (χ2n) is 9.73. The maximum Gasteiger partial charge on any atom is 0.812 e. The summed E-state index contributed by atoms with van der Waals surface area (Å²) in [5.74, 6) is 0. The van der Waals surface area contributed by atoms with E-state index in [1.165, 1.54) is 0 Å². The van der Waals surface area contributed by atoms with Crippen LogP contribution in [-0.4, -0.2) is 47.3 Å². The smallest absolute Gasteiger partial charge is 0.509 e. The fourth-order valence-corrected chi connectivity index (χ4v) is 4.34. The Labute approximate surface area is 281 Å². The molecule has 4 aromatic rings. The Morgan fingerprint density at radius 3 is 0.792 bits per heavy atom. The molecule has 3 aliphatic heterocycles. The van der Waals surface area contributed by atoms with Crippen molar-refractivity contribution in [2.45, 2.75) is 0 Å². The van der Waals surface area contributed by atoms with Gasteiger partial charge in [-0.25, -0.2) is 0 Å². The first-order valence-electron chi connectivity index (χ1n) is 14.1. The second kappa shape index (κ2) is 14.4. The van der Waals surface area contributed by atoms with E-state index in [-0.39, 0.29) is 22.8 Å². The van der Waals surface area contributed by atoms with Crippen LogP contribution >= 0.6 is 23.2 Å². The highest BCUT2D eigenvalue weighted by Gasteiger charge is 2.44. The van der Waals surface area contributed by atoms with Gasteiger partial charge in [0.1, 0.15) is 22.8 Å². The van der Waals surface area contributed by atoms with Crippen LogP contribution < -0.4 is 0 Å². The Morgan fingerprint density at radius 1 is 0.354 bits per heavy atom. The van der Waals surface area contributed by atoms with Crippen LogP contribution in [0.5, 0.6) is 0 Å². The molecule has 242 valence electrons. The van der Waals surface area contributed by atoms with Crippen molar-refractivity contribution in [3.05, 3.63) is 144 Å². The fourth-order valence-electron chi connectivity index (χ4n) is 4.19. The summed E-state index contributed by atoms with van der Waals surface area (Å²) in [5, 5.41) is 21.1. The average molecular weight is 691 g/mol. The van der Waals surface area contributed by atoms with Crippen LogP contribution in [0.2, 0.25) is 0 Å². The highest BCUT2D eigenvalue weighted by molar-refractivity contribution is 7.00. The van der Waals surface area contributed by atoms with Crippen LogP contribution in [0.1, 0.15) is 22.3 Å². The van der Waals surface area contributed by atoms with E-state index in [9.17, 15) is 0 Å². The van der Waals surface area contributed by atoms with Crippen molar-refractivity contribution in [3.8, 4) is 0 Å². The van der Waals surface area contributed by atoms with Gasteiger partial charge in [0.2, 0.25) is 10.3 Å². The van der Waals surface area contributed by atoms with Crippen LogP contribution in [0.4, 0.5) is 8.63 Å². The summed E-state index contributed by atoms with van der Waals surface area (Å²) >= 11 is 12.0. The van der Waals surface area contributed by atoms with Crippen molar-refractivity contribution < 1.29 is 37.2 Å². The molecular weight excluding hydrogens is 671 g/mol. The number of halogens is 4. The lowest BCUT2D eigenvalue weighted by molar-refractivity contribution is 0.0221. The van der Waals surface area contributed by atoms with Crippen LogP contribution in [0.25, 0.3) is 0 Å². The molecule has 0 amide bonds. The lowest BCUT2D eigenvalue weighted by atomic mass is 10.00. The molecule has 0 fully saturated rings. The van der Waals surface area contributed by atoms with Crippen LogP contribution in [0.3, 0.4) is 0 Å². The van der Waals surface area contributed by atoms with Gasteiger partial charge >= 0.3 is 14.1 Å². The summed E-state index contributed by atoms with van der Waals surface area (Å²) in [6.45, 7) is 0. The second-order valence-corrected chi connectivity index (χ2v) is 10.4. The van der Waals surface area contributed by atoms with Gasteiger partial charge < -0.3 is 37.2 Å². The number of nitrogens with zero attached hydrogens (tertiary/aromatic N) is 6. The highest BCUT2D eigenvalue weighted by Crippen LogP contribution is 2.23. The standard InChI is InChI=1S/C30H20B2Cl2F2N6O6/c33-29-30(34)42-48-32(36)44-38-26(22-15-7-2-8-16-22)25(21-13-5-1-6-14-21)37-43-31(35,47-41-29)45-39-27(23-17-9-3-10-18-23)28(40-46-32)24-19-11-4-12-20-24/h1-20H/q-2/b37-25-,38-26-,39-27+,40-28+,41-29-,42-30-. The molecule has 0 saturated heterocycles. The molecule has 0 spiro atoms. The quantitative estimate of drug-likeness (QED) is 0.221. The number of rotatable bonds is 4. The molecule has 18 heteroatoms. The normalized spacial score (nSPS) is 28.1. The number of fused-ring (bicyclic) bond motifs is 9. The van der Waals surface area contributed by atoms with E-state index < -0.39 is 24.4 Å². The molecule has 2 atom stereocenters. The number of hydrogen-bond donors (Lipinski definition) is 0. The van der Waals surface area contributed by atoms with E-state index in [4.69, 9.17) is 51.7 Å². The molecular formula is C30H20B2Cl2F2N6O6-2. The molecule has 2 bridgehead atoms. The van der Waals surface area contributed by atoms with Gasteiger partial charge in [0.05, 0.1) is 0 Å². The predicted octanol–water partition coefficient (Wildman–Crippen LogP) is 6.65. The lowest BCUT2D eigenvalue weighted by Crippen LogP contribution is -2.41. The van der Waals surface area contributed by atoms with Gasteiger partial charge in [-0.15, -0.1) is 30.9 Å². The van der Waals surface area contributed by atoms with Crippen LogP contribution in [-0.2, 0) is 28.5 Å². The maximum absolute atomic E-state index is 16.7. The van der Waals surface area contributed by atoms with Gasteiger partial charge in [-0.3, -0.25) is 0 Å². The van der Waals surface area contributed by atoms with E-state index in [0.29, 0.717) is 22.3 Å². The Hall–Kier alpha value is -5.73. The summed E-state index contributed by atoms with van der Waals surface area (Å²) in [5.41, 5.74) is 0.566. The lowest BCUT2D eigenvalue weighted by Gasteiger charge is -2.30. The summed E-state index contributed by atoms with van der Waals surface area (Å²) in [6, 6.07) is 33.0. The number of hydrogen-bond acceptors (Lipinski definition) is 12. The monoisotopic (exact) mass is 690 g/mol. The molecule has 12 nitrogen and oxygen atoms in total. The van der Waals surface area contributed by atoms with Gasteiger partial charge in [0, 0.05) is 22.3 Å². The first kappa shape index (κ1) is 32.2. The molecule has 0 saturated carbocycles. The minimum Gasteiger partial charge on any atom is -0.509 e. The Bertz CT molecular complexity index is 1690. The highest BCUT2D eigenvalue weighted by atomic mass is 35.5. The van der Waals surface area contributed by atoms with E-state index >= 15 is 8.63 Å². The Balaban J connectivity index is 1.62. The zero-order valence-electron chi connectivity index (χ0n) is 24.3. The van der Waals surface area contributed by atoms with Gasteiger partial charge in [-0.2, -0.15) is 0 Å². The molecule has 7 rings (SSSR count). The topological polar surface area (TPSA) is 130 Å². The van der Waals surface area contributed by atoms with Gasteiger partial charge in [0.15, 0.2) is 0 Å². The summed E-state index contributed by atoms with van der Waals surface area (Å²) in [7, 11) is -9.19. The molecule has 0 radical (unpaired) electrons. The third-order valence-corrected chi connectivity index (χ3v) is 7.00. The van der Waals surface area contributed by atoms with Crippen molar-refractivity contribution in [2.24, 2.45) is 30.9 Å². The Kier molecular flexibility index (Phi) is 9.64. The fraction of sp³-hybridized carbons (Fsp3) is 0. The van der Waals surface area contributed by atoms with Crippen LogP contribution in [0.15, 0.2) is 152 Å². The maximum atomic E-state index is 16.7. The summed E-state index contributed by atoms with van der Waals surface area (Å²) in [6.07, 6.45) is 0. The largest absolute Gasteiger partial charge is 0.812 e. The van der Waals surface area contributed by atoms with Gasteiger partial charge in [0.25, 0.3) is 0 Å². The zero-order valence-corrected chi connectivity index (χ0v) is 25.9. The van der Waals surface area contributed by atoms with Gasteiger partial charge in [-0.1, -0.05) is 145 Å². The first-order valence-corrected chi connectivity index (χ1v) is 14.8. The third kappa shape index (κ3) is 7.62. The van der Waals surface area contributed by atoms with Crippen molar-refractivity contribution in [1.29, 1.82) is 0 Å². The SMILES string of the molecule is F[B-]12O/N=C(Cl)/C(Cl)=N/O[B-](F)(O/N=C(c3ccccc3)\C(c3ccccc3)=N/O1)O/N=C(c1ccccc1)/C(c1ccccc1)=N/O2. The van der Waals surface area contributed by atoms with Crippen molar-refractivity contribution in [3.63, 3.8) is 0 Å². The molecule has 3 heterocycles. The first-order chi connectivity index (χ1) is 23.3. The van der Waals surface area contributed by atoms with E-state index in [1.54, 1.807) is 121 Å². The molecule has 3 aliphatic rings. The number of oxime groups is 6. The van der Waals surface area contributed by atoms with Crippen LogP contribution in [0, 0.1) is 0 Å². The zero-order chi connectivity index (χ0) is 33.4. The number of benzene rings is 4. The summed E-state index contributed by atoms with van der Waals surface area (Å²) < 4.78 is 64.4. The van der Waals surface area contributed by atoms with Crippen molar-refractivity contribution >= 4 is 70.5 Å². The molecule has 4 aromatic carbocycles. The van der Waals surface area contributed by atoms with E-state index in [1.807, 2.05) is 0 Å². The molecule has 0 aromatic heterocycles. The third-order valence-electron chi connectivity index (χ3n) is 6.40. The van der Waals surface area contributed by atoms with Crippen molar-refractivity contribution in [2.75, 3.05) is 0 Å². The minimum absolute atomic E-state index is 0.178. The minimum atomic E-state index is -4.60. The molecule has 48 heavy (non-hydrogen) atoms. The predicted molar refractivity (Wildman–Crippen MR) is 179 cm³/mol.